The molecule has 0 radical (unpaired) electrons. The fourth-order valence-electron chi connectivity index (χ4n) is 1.06. The van der Waals surface area contributed by atoms with Crippen molar-refractivity contribution in [1.29, 1.82) is 0 Å². The van der Waals surface area contributed by atoms with E-state index >= 15 is 0 Å². The molecule has 0 bridgehead atoms. The van der Waals surface area contributed by atoms with Crippen LogP contribution in [0.3, 0.4) is 0 Å². The van der Waals surface area contributed by atoms with Crippen molar-refractivity contribution in [2.45, 2.75) is 50.5 Å². The maximum absolute atomic E-state index is 8.68. The predicted molar refractivity (Wildman–Crippen MR) is 53.1 cm³/mol. The molecule has 0 saturated carbocycles. The van der Waals surface area contributed by atoms with Gasteiger partial charge in [-0.2, -0.15) is 11.8 Å². The predicted octanol–water partition coefficient (Wildman–Crippen LogP) is 2.68. The second-order valence-electron chi connectivity index (χ2n) is 2.90. The lowest BCUT2D eigenvalue weighted by Crippen LogP contribution is -2.07. The highest BCUT2D eigenvalue weighted by molar-refractivity contribution is 8.00. The van der Waals surface area contributed by atoms with Crippen LogP contribution in [0.2, 0.25) is 0 Å². The van der Waals surface area contributed by atoms with E-state index in [0.29, 0.717) is 11.9 Å². The van der Waals surface area contributed by atoms with Crippen molar-refractivity contribution in [3.8, 4) is 0 Å². The molecule has 0 aliphatic heterocycles. The van der Waals surface area contributed by atoms with Gasteiger partial charge in [-0.05, 0) is 19.3 Å². The molecule has 1 nitrogen and oxygen atoms in total. The van der Waals surface area contributed by atoms with Gasteiger partial charge in [0.2, 0.25) is 0 Å². The Labute approximate surface area is 74.6 Å². The monoisotopic (exact) mass is 176 g/mol. The first-order chi connectivity index (χ1) is 5.24. The highest BCUT2D eigenvalue weighted by atomic mass is 32.2. The number of thioether (sulfide) groups is 1. The quantitative estimate of drug-likeness (QED) is 0.671. The molecule has 68 valence electrons. The summed E-state index contributed by atoms with van der Waals surface area (Å²) in [6.45, 7) is 6.98. The smallest absolute Gasteiger partial charge is 0.0441 e. The van der Waals surface area contributed by atoms with Gasteiger partial charge in [0.25, 0.3) is 0 Å². The summed E-state index contributed by atoms with van der Waals surface area (Å²) in [4.78, 5) is 0. The van der Waals surface area contributed by atoms with Crippen molar-refractivity contribution in [3.63, 3.8) is 0 Å². The molecule has 1 N–H and O–H groups in total. The van der Waals surface area contributed by atoms with E-state index < -0.39 is 0 Å². The zero-order chi connectivity index (χ0) is 8.69. The molecule has 0 rings (SSSR count). The van der Waals surface area contributed by atoms with Crippen LogP contribution < -0.4 is 0 Å². The maximum atomic E-state index is 8.68. The highest BCUT2D eigenvalue weighted by Crippen LogP contribution is 2.24. The molecule has 0 aliphatic carbocycles. The normalized spacial score (nSPS) is 13.9. The minimum absolute atomic E-state index is 0.328. The van der Waals surface area contributed by atoms with Crippen LogP contribution >= 0.6 is 11.8 Å². The van der Waals surface area contributed by atoms with E-state index in [2.05, 4.69) is 20.8 Å². The fourth-order valence-corrected chi connectivity index (χ4v) is 2.34. The van der Waals surface area contributed by atoms with Gasteiger partial charge in [0, 0.05) is 17.1 Å². The van der Waals surface area contributed by atoms with E-state index in [0.717, 1.165) is 11.7 Å². The van der Waals surface area contributed by atoms with Crippen LogP contribution in [0.15, 0.2) is 0 Å². The molecule has 2 heteroatoms. The highest BCUT2D eigenvalue weighted by Gasteiger charge is 2.08. The minimum Gasteiger partial charge on any atom is -0.396 e. The lowest BCUT2D eigenvalue weighted by Gasteiger charge is -2.16. The van der Waals surface area contributed by atoms with Crippen LogP contribution in [0, 0.1) is 0 Å². The Morgan fingerprint density at radius 3 is 2.18 bits per heavy atom. The summed E-state index contributed by atoms with van der Waals surface area (Å²) in [5.74, 6) is 0. The van der Waals surface area contributed by atoms with Gasteiger partial charge in [-0.25, -0.2) is 0 Å². The molecule has 0 spiro atoms. The molecular formula is C9H20OS. The first-order valence-electron chi connectivity index (χ1n) is 4.50. The van der Waals surface area contributed by atoms with Gasteiger partial charge in [0.15, 0.2) is 0 Å². The third kappa shape index (κ3) is 5.57. The summed E-state index contributed by atoms with van der Waals surface area (Å²) in [5, 5.41) is 10.1. The third-order valence-electron chi connectivity index (χ3n) is 1.87. The number of hydrogen-bond donors (Lipinski definition) is 1. The molecular weight excluding hydrogens is 156 g/mol. The second-order valence-corrected chi connectivity index (χ2v) is 4.64. The van der Waals surface area contributed by atoms with Gasteiger partial charge in [-0.1, -0.05) is 20.8 Å². The Morgan fingerprint density at radius 2 is 1.82 bits per heavy atom. The largest absolute Gasteiger partial charge is 0.396 e. The number of aliphatic hydroxyl groups is 1. The molecule has 0 aliphatic rings. The van der Waals surface area contributed by atoms with Crippen molar-refractivity contribution in [2.24, 2.45) is 0 Å². The molecule has 1 atom stereocenters. The van der Waals surface area contributed by atoms with Crippen LogP contribution in [0.5, 0.6) is 0 Å². The standard InChI is InChI=1S/C9H20OS/c1-4-9(5-2)11-8(3)6-7-10/h8-10H,4-7H2,1-3H3. The zero-order valence-electron chi connectivity index (χ0n) is 7.84. The van der Waals surface area contributed by atoms with Crippen molar-refractivity contribution in [3.05, 3.63) is 0 Å². The van der Waals surface area contributed by atoms with Gasteiger partial charge in [-0.15, -0.1) is 0 Å². The molecule has 1 unspecified atom stereocenters. The first kappa shape index (κ1) is 11.3. The Balaban J connectivity index is 3.44. The van der Waals surface area contributed by atoms with E-state index in [1.165, 1.54) is 12.8 Å². The lowest BCUT2D eigenvalue weighted by molar-refractivity contribution is 0.288. The average Bonchev–Trinajstić information content (AvgIpc) is 2.01. The third-order valence-corrected chi connectivity index (χ3v) is 3.62. The molecule has 0 aromatic rings. The van der Waals surface area contributed by atoms with E-state index in [1.54, 1.807) is 0 Å². The topological polar surface area (TPSA) is 20.2 Å². The SMILES string of the molecule is CCC(CC)SC(C)CCO. The number of hydrogen-bond acceptors (Lipinski definition) is 2. The molecule has 0 aromatic heterocycles. The van der Waals surface area contributed by atoms with Crippen LogP contribution in [-0.2, 0) is 0 Å². The first-order valence-corrected chi connectivity index (χ1v) is 5.45. The second kappa shape index (κ2) is 6.99. The molecule has 0 amide bonds. The van der Waals surface area contributed by atoms with Crippen molar-refractivity contribution in [1.82, 2.24) is 0 Å². The zero-order valence-corrected chi connectivity index (χ0v) is 8.66. The molecule has 0 heterocycles. The molecule has 0 fully saturated rings. The van der Waals surface area contributed by atoms with Crippen molar-refractivity contribution >= 4 is 11.8 Å². The lowest BCUT2D eigenvalue weighted by atomic mass is 10.3. The minimum atomic E-state index is 0.328. The number of rotatable bonds is 6. The van der Waals surface area contributed by atoms with Gasteiger partial charge >= 0.3 is 0 Å². The van der Waals surface area contributed by atoms with Crippen molar-refractivity contribution in [2.75, 3.05) is 6.61 Å². The van der Waals surface area contributed by atoms with Gasteiger partial charge < -0.3 is 5.11 Å². The Hall–Kier alpha value is 0.310. The van der Waals surface area contributed by atoms with Gasteiger partial charge in [-0.3, -0.25) is 0 Å². The summed E-state index contributed by atoms with van der Waals surface area (Å²) < 4.78 is 0. The Bertz CT molecular complexity index is 81.6. The van der Waals surface area contributed by atoms with Crippen LogP contribution in [0.1, 0.15) is 40.0 Å². The molecule has 11 heavy (non-hydrogen) atoms. The summed E-state index contributed by atoms with van der Waals surface area (Å²) in [6, 6.07) is 0. The summed E-state index contributed by atoms with van der Waals surface area (Å²) in [5.41, 5.74) is 0. The summed E-state index contributed by atoms with van der Waals surface area (Å²) in [7, 11) is 0. The van der Waals surface area contributed by atoms with E-state index in [-0.39, 0.29) is 0 Å². The summed E-state index contributed by atoms with van der Waals surface area (Å²) >= 11 is 2.01. The molecule has 0 saturated heterocycles. The van der Waals surface area contributed by atoms with Crippen LogP contribution in [0.4, 0.5) is 0 Å². The van der Waals surface area contributed by atoms with Crippen molar-refractivity contribution < 1.29 is 5.11 Å². The Morgan fingerprint density at radius 1 is 1.27 bits per heavy atom. The molecule has 0 aromatic carbocycles. The van der Waals surface area contributed by atoms with E-state index in [9.17, 15) is 0 Å². The number of aliphatic hydroxyl groups excluding tert-OH is 1. The van der Waals surface area contributed by atoms with Gasteiger partial charge in [0.1, 0.15) is 0 Å². The average molecular weight is 176 g/mol. The Kier molecular flexibility index (Phi) is 7.18. The van der Waals surface area contributed by atoms with E-state index in [1.807, 2.05) is 11.8 Å². The van der Waals surface area contributed by atoms with E-state index in [4.69, 9.17) is 5.11 Å². The summed E-state index contributed by atoms with van der Waals surface area (Å²) in [6.07, 6.45) is 3.43. The fraction of sp³-hybridized carbons (Fsp3) is 1.00. The maximum Gasteiger partial charge on any atom is 0.0441 e. The van der Waals surface area contributed by atoms with Crippen LogP contribution in [0.25, 0.3) is 0 Å². The van der Waals surface area contributed by atoms with Crippen LogP contribution in [-0.4, -0.2) is 22.2 Å². The van der Waals surface area contributed by atoms with Gasteiger partial charge in [0.05, 0.1) is 0 Å².